The molecule has 1 aromatic heterocycles. The first-order valence-electron chi connectivity index (χ1n) is 8.85. The van der Waals surface area contributed by atoms with E-state index in [1.54, 1.807) is 43.3 Å². The first-order valence-corrected chi connectivity index (χ1v) is 9.61. The Hall–Kier alpha value is -3.23. The third-order valence-corrected chi connectivity index (χ3v) is 5.20. The van der Waals surface area contributed by atoms with E-state index in [9.17, 15) is 9.59 Å². The summed E-state index contributed by atoms with van der Waals surface area (Å²) in [6.45, 7) is 1.88. The molecule has 4 rings (SSSR count). The van der Waals surface area contributed by atoms with Crippen LogP contribution in [0.3, 0.4) is 0 Å². The minimum atomic E-state index is -0.905. The number of halogens is 2. The summed E-state index contributed by atoms with van der Waals surface area (Å²) >= 11 is 12.4. The molecular formula is C20H15Cl2N3O5. The van der Waals surface area contributed by atoms with Crippen molar-refractivity contribution in [2.45, 2.75) is 6.92 Å². The number of anilines is 2. The van der Waals surface area contributed by atoms with Gasteiger partial charge in [-0.05, 0) is 31.2 Å². The Morgan fingerprint density at radius 3 is 2.63 bits per heavy atom. The summed E-state index contributed by atoms with van der Waals surface area (Å²) in [5.41, 5.74) is 6.30. The Labute approximate surface area is 181 Å². The summed E-state index contributed by atoms with van der Waals surface area (Å²) in [7, 11) is 0. The fraction of sp³-hybridized carbons (Fsp3) is 0.150. The zero-order valence-corrected chi connectivity index (χ0v) is 17.2. The van der Waals surface area contributed by atoms with E-state index >= 15 is 0 Å². The number of primary amides is 1. The lowest BCUT2D eigenvalue weighted by Crippen LogP contribution is -2.33. The number of nitrogens with zero attached hydrogens (tertiary/aromatic N) is 2. The SMILES string of the molecule is CCOC(=O)c1cc2cc3c(cc2nc1N(C(N)=O)c1cccc(Cl)c1Cl)OCO3. The van der Waals surface area contributed by atoms with E-state index in [1.165, 1.54) is 0 Å². The lowest BCUT2D eigenvalue weighted by molar-refractivity contribution is 0.0527. The zero-order valence-electron chi connectivity index (χ0n) is 15.6. The number of rotatable bonds is 4. The molecule has 2 N–H and O–H groups in total. The predicted octanol–water partition coefficient (Wildman–Crippen LogP) is 4.66. The molecule has 0 aliphatic carbocycles. The molecule has 154 valence electrons. The molecule has 10 heteroatoms. The molecule has 0 atom stereocenters. The second-order valence-electron chi connectivity index (χ2n) is 6.22. The van der Waals surface area contributed by atoms with Gasteiger partial charge in [0.05, 0.1) is 27.9 Å². The summed E-state index contributed by atoms with van der Waals surface area (Å²) in [5, 5.41) is 0.885. The highest BCUT2D eigenvalue weighted by atomic mass is 35.5. The first-order chi connectivity index (χ1) is 14.4. The molecule has 1 aliphatic heterocycles. The van der Waals surface area contributed by atoms with Crippen LogP contribution in [-0.2, 0) is 4.74 Å². The molecule has 0 spiro atoms. The minimum absolute atomic E-state index is 0.0260. The third kappa shape index (κ3) is 3.44. The Bertz CT molecular complexity index is 1180. The number of carbonyl (C=O) groups excluding carboxylic acids is 2. The molecule has 0 unspecified atom stereocenters. The molecule has 2 aromatic carbocycles. The predicted molar refractivity (Wildman–Crippen MR) is 112 cm³/mol. The maximum Gasteiger partial charge on any atom is 0.341 e. The number of carbonyl (C=O) groups is 2. The monoisotopic (exact) mass is 447 g/mol. The Morgan fingerprint density at radius 2 is 1.93 bits per heavy atom. The normalized spacial score (nSPS) is 12.1. The third-order valence-electron chi connectivity index (χ3n) is 4.39. The van der Waals surface area contributed by atoms with Gasteiger partial charge >= 0.3 is 12.0 Å². The van der Waals surface area contributed by atoms with Crippen LogP contribution in [0.2, 0.25) is 10.0 Å². The average molecular weight is 448 g/mol. The summed E-state index contributed by atoms with van der Waals surface area (Å²) in [6.07, 6.45) is 0. The van der Waals surface area contributed by atoms with E-state index in [2.05, 4.69) is 4.98 Å². The van der Waals surface area contributed by atoms with Crippen molar-refractivity contribution in [3.05, 3.63) is 52.0 Å². The highest BCUT2D eigenvalue weighted by Gasteiger charge is 2.28. The van der Waals surface area contributed by atoms with Gasteiger partial charge in [0.1, 0.15) is 5.56 Å². The van der Waals surface area contributed by atoms with Crippen molar-refractivity contribution in [3.8, 4) is 11.5 Å². The van der Waals surface area contributed by atoms with Crippen LogP contribution in [-0.4, -0.2) is 30.4 Å². The maximum atomic E-state index is 12.7. The number of esters is 1. The van der Waals surface area contributed by atoms with Crippen LogP contribution in [0.5, 0.6) is 11.5 Å². The molecule has 30 heavy (non-hydrogen) atoms. The highest BCUT2D eigenvalue weighted by molar-refractivity contribution is 6.44. The summed E-state index contributed by atoms with van der Waals surface area (Å²) < 4.78 is 15.9. The molecule has 0 saturated carbocycles. The molecule has 2 heterocycles. The summed E-state index contributed by atoms with van der Waals surface area (Å²) in [5.74, 6) is 0.299. The number of aromatic nitrogens is 1. The quantitative estimate of drug-likeness (QED) is 0.582. The molecule has 0 bridgehead atoms. The van der Waals surface area contributed by atoms with Gasteiger partial charge in [-0.25, -0.2) is 19.5 Å². The van der Waals surface area contributed by atoms with Crippen molar-refractivity contribution >= 4 is 57.6 Å². The second kappa shape index (κ2) is 7.89. The maximum absolute atomic E-state index is 12.7. The van der Waals surface area contributed by atoms with E-state index in [1.807, 2.05) is 0 Å². The number of hydrogen-bond donors (Lipinski definition) is 1. The van der Waals surface area contributed by atoms with Crippen LogP contribution in [0.15, 0.2) is 36.4 Å². The standard InChI is InChI=1S/C20H15Cl2N3O5/c1-2-28-19(26)11-6-10-7-15-16(30-9-29-15)8-13(10)24-18(11)25(20(23)27)14-5-3-4-12(21)17(14)22/h3-8H,2,9H2,1H3,(H2,23,27). The van der Waals surface area contributed by atoms with Gasteiger partial charge in [0.15, 0.2) is 17.3 Å². The van der Waals surface area contributed by atoms with Crippen LogP contribution in [0, 0.1) is 0 Å². The van der Waals surface area contributed by atoms with Crippen LogP contribution in [0.4, 0.5) is 16.3 Å². The fourth-order valence-corrected chi connectivity index (χ4v) is 3.47. The van der Waals surface area contributed by atoms with Gasteiger partial charge in [0.25, 0.3) is 0 Å². The van der Waals surface area contributed by atoms with E-state index in [0.717, 1.165) is 4.90 Å². The molecule has 2 amide bonds. The Kier molecular flexibility index (Phi) is 5.27. The smallest absolute Gasteiger partial charge is 0.341 e. The van der Waals surface area contributed by atoms with Gasteiger partial charge in [-0.15, -0.1) is 0 Å². The van der Waals surface area contributed by atoms with Crippen LogP contribution in [0.1, 0.15) is 17.3 Å². The second-order valence-corrected chi connectivity index (χ2v) is 7.01. The van der Waals surface area contributed by atoms with Crippen molar-refractivity contribution in [1.82, 2.24) is 4.98 Å². The molecule has 3 aromatic rings. The number of pyridine rings is 1. The number of ether oxygens (including phenoxy) is 3. The van der Waals surface area contributed by atoms with E-state index in [0.29, 0.717) is 22.4 Å². The van der Waals surface area contributed by atoms with Gasteiger partial charge in [-0.2, -0.15) is 0 Å². The van der Waals surface area contributed by atoms with E-state index < -0.39 is 12.0 Å². The molecule has 8 nitrogen and oxygen atoms in total. The molecule has 1 aliphatic rings. The molecule has 0 fully saturated rings. The average Bonchev–Trinajstić information content (AvgIpc) is 3.16. The van der Waals surface area contributed by atoms with Crippen LogP contribution < -0.4 is 20.1 Å². The number of hydrogen-bond acceptors (Lipinski definition) is 6. The van der Waals surface area contributed by atoms with Crippen molar-refractivity contribution in [3.63, 3.8) is 0 Å². The van der Waals surface area contributed by atoms with Gasteiger partial charge < -0.3 is 19.9 Å². The zero-order chi connectivity index (χ0) is 21.4. The van der Waals surface area contributed by atoms with Crippen molar-refractivity contribution in [2.24, 2.45) is 5.73 Å². The van der Waals surface area contributed by atoms with Gasteiger partial charge in [-0.3, -0.25) is 0 Å². The lowest BCUT2D eigenvalue weighted by Gasteiger charge is -2.23. The highest BCUT2D eigenvalue weighted by Crippen LogP contribution is 2.40. The van der Waals surface area contributed by atoms with Crippen LogP contribution in [0.25, 0.3) is 10.9 Å². The molecule has 0 saturated heterocycles. The van der Waals surface area contributed by atoms with Crippen molar-refractivity contribution in [2.75, 3.05) is 18.3 Å². The molecular weight excluding hydrogens is 433 g/mol. The fourth-order valence-electron chi connectivity index (χ4n) is 3.09. The lowest BCUT2D eigenvalue weighted by atomic mass is 10.1. The van der Waals surface area contributed by atoms with Gasteiger partial charge in [0, 0.05) is 11.5 Å². The van der Waals surface area contributed by atoms with Crippen molar-refractivity contribution < 1.29 is 23.8 Å². The van der Waals surface area contributed by atoms with Crippen LogP contribution >= 0.6 is 23.2 Å². The number of urea groups is 1. The number of amides is 2. The van der Waals surface area contributed by atoms with Gasteiger partial charge in [-0.1, -0.05) is 29.3 Å². The summed E-state index contributed by atoms with van der Waals surface area (Å²) in [6, 6.07) is 8.69. The van der Waals surface area contributed by atoms with E-state index in [-0.39, 0.29) is 40.5 Å². The Balaban J connectivity index is 1.99. The Morgan fingerprint density at radius 1 is 1.20 bits per heavy atom. The number of benzene rings is 2. The number of nitrogens with two attached hydrogens (primary N) is 1. The first kappa shape index (κ1) is 20.1. The van der Waals surface area contributed by atoms with E-state index in [4.69, 9.17) is 43.1 Å². The minimum Gasteiger partial charge on any atom is -0.462 e. The molecule has 0 radical (unpaired) electrons. The topological polar surface area (TPSA) is 104 Å². The summed E-state index contributed by atoms with van der Waals surface area (Å²) in [4.78, 5) is 30.7. The largest absolute Gasteiger partial charge is 0.462 e. The van der Waals surface area contributed by atoms with Crippen molar-refractivity contribution in [1.29, 1.82) is 0 Å². The van der Waals surface area contributed by atoms with Gasteiger partial charge in [0.2, 0.25) is 6.79 Å². The number of fused-ring (bicyclic) bond motifs is 2.